The number of alkyl halides is 2. The van der Waals surface area contributed by atoms with Gasteiger partial charge in [-0.15, -0.1) is 0 Å². The number of ether oxygens (including phenoxy) is 2. The van der Waals surface area contributed by atoms with E-state index in [0.717, 1.165) is 12.8 Å². The largest absolute Gasteiger partial charge is 0.490 e. The van der Waals surface area contributed by atoms with Gasteiger partial charge in [0.05, 0.1) is 30.3 Å². The fraction of sp³-hybridized carbons (Fsp3) is 0.375. The highest BCUT2D eigenvalue weighted by Gasteiger charge is 2.38. The minimum Gasteiger partial charge on any atom is -0.490 e. The number of carboxylic acids is 1. The van der Waals surface area contributed by atoms with Crippen LogP contribution in [0.25, 0.3) is 0 Å². The fourth-order valence-corrected chi connectivity index (χ4v) is 4.09. The molecule has 2 N–H and O–H groups in total. The van der Waals surface area contributed by atoms with Gasteiger partial charge < -0.3 is 24.8 Å². The van der Waals surface area contributed by atoms with E-state index in [1.807, 2.05) is 0 Å². The van der Waals surface area contributed by atoms with E-state index >= 15 is 0 Å². The van der Waals surface area contributed by atoms with Crippen molar-refractivity contribution in [2.75, 3.05) is 11.9 Å². The summed E-state index contributed by atoms with van der Waals surface area (Å²) >= 11 is 0. The molecule has 2 aromatic rings. The van der Waals surface area contributed by atoms with Gasteiger partial charge in [-0.1, -0.05) is 18.2 Å². The normalized spacial score (nSPS) is 15.8. The summed E-state index contributed by atoms with van der Waals surface area (Å²) in [7, 11) is 0. The average Bonchev–Trinajstić information content (AvgIpc) is 3.57. The maximum Gasteiger partial charge on any atom is 0.387 e. The molecule has 0 spiro atoms. The Labute approximate surface area is 194 Å². The van der Waals surface area contributed by atoms with Crippen molar-refractivity contribution in [2.24, 2.45) is 5.92 Å². The van der Waals surface area contributed by atoms with Gasteiger partial charge in [-0.05, 0) is 49.1 Å². The number of nitrogens with one attached hydrogen (secondary N) is 1. The lowest BCUT2D eigenvalue weighted by Crippen LogP contribution is -2.31. The van der Waals surface area contributed by atoms with E-state index in [4.69, 9.17) is 4.74 Å². The summed E-state index contributed by atoms with van der Waals surface area (Å²) in [6, 6.07) is 8.37. The second-order valence-electron chi connectivity index (χ2n) is 8.17. The summed E-state index contributed by atoms with van der Waals surface area (Å²) in [4.78, 5) is 38.8. The predicted molar refractivity (Wildman–Crippen MR) is 117 cm³/mol. The Kier molecular flexibility index (Phi) is 6.67. The summed E-state index contributed by atoms with van der Waals surface area (Å²) in [5.74, 6) is -1.90. The SMILES string of the molecule is CCOc1cc(C(CC(=O)O)N2Cc3cccc(NC(=O)C4CC4)c3C2=O)ccc1OC(F)F. The first-order chi connectivity index (χ1) is 16.3. The predicted octanol–water partition coefficient (Wildman–Crippen LogP) is 4.21. The van der Waals surface area contributed by atoms with Gasteiger partial charge in [0.1, 0.15) is 0 Å². The summed E-state index contributed by atoms with van der Waals surface area (Å²) in [6.07, 6.45) is 1.22. The Morgan fingerprint density at radius 2 is 1.97 bits per heavy atom. The zero-order chi connectivity index (χ0) is 24.4. The third-order valence-electron chi connectivity index (χ3n) is 5.78. The Morgan fingerprint density at radius 3 is 2.62 bits per heavy atom. The highest BCUT2D eigenvalue weighted by Crippen LogP contribution is 2.40. The van der Waals surface area contributed by atoms with Crippen LogP contribution >= 0.6 is 0 Å². The van der Waals surface area contributed by atoms with Crippen molar-refractivity contribution in [3.05, 3.63) is 53.1 Å². The molecule has 1 unspecified atom stereocenters. The number of halogens is 2. The zero-order valence-electron chi connectivity index (χ0n) is 18.4. The van der Waals surface area contributed by atoms with E-state index in [2.05, 4.69) is 10.1 Å². The monoisotopic (exact) mass is 474 g/mol. The molecule has 2 aliphatic rings. The van der Waals surface area contributed by atoms with Crippen molar-refractivity contribution in [1.82, 2.24) is 4.90 Å². The highest BCUT2D eigenvalue weighted by atomic mass is 19.3. The lowest BCUT2D eigenvalue weighted by Gasteiger charge is -2.28. The second-order valence-corrected chi connectivity index (χ2v) is 8.17. The maximum atomic E-state index is 13.4. The number of hydrogen-bond donors (Lipinski definition) is 2. The molecule has 4 rings (SSSR count). The summed E-state index contributed by atoms with van der Waals surface area (Å²) < 4.78 is 35.4. The molecule has 1 heterocycles. The minimum absolute atomic E-state index is 0.0252. The van der Waals surface area contributed by atoms with Gasteiger partial charge in [0, 0.05) is 12.5 Å². The zero-order valence-corrected chi connectivity index (χ0v) is 18.4. The van der Waals surface area contributed by atoms with Gasteiger partial charge in [-0.25, -0.2) is 0 Å². The van der Waals surface area contributed by atoms with Crippen molar-refractivity contribution in [2.45, 2.75) is 45.4 Å². The topological polar surface area (TPSA) is 105 Å². The molecule has 2 amide bonds. The molecule has 10 heteroatoms. The van der Waals surface area contributed by atoms with Gasteiger partial charge in [0.15, 0.2) is 11.5 Å². The number of carbonyl (C=O) groups is 3. The van der Waals surface area contributed by atoms with Crippen LogP contribution in [0, 0.1) is 5.92 Å². The van der Waals surface area contributed by atoms with Crippen LogP contribution < -0.4 is 14.8 Å². The molecule has 0 saturated heterocycles. The number of carboxylic acid groups (broad SMARTS) is 1. The van der Waals surface area contributed by atoms with Gasteiger partial charge in [0.25, 0.3) is 5.91 Å². The first-order valence-electron chi connectivity index (χ1n) is 11.0. The standard InChI is InChI=1S/C24H24F2N2O6/c1-2-33-19-10-14(8-9-18(19)34-24(25)26)17(11-20(29)30)28-12-15-4-3-5-16(21(15)23(28)32)27-22(31)13-6-7-13/h3-5,8-10,13,17,24H,2,6-7,11-12H2,1H3,(H,27,31)(H,29,30). The summed E-state index contributed by atoms with van der Waals surface area (Å²) in [5.41, 5.74) is 1.79. The Balaban J connectivity index is 1.66. The van der Waals surface area contributed by atoms with Crippen LogP contribution in [0.4, 0.5) is 14.5 Å². The molecule has 180 valence electrons. The lowest BCUT2D eigenvalue weighted by atomic mass is 10.0. The van der Waals surface area contributed by atoms with Crippen LogP contribution in [-0.4, -0.2) is 41.0 Å². The molecule has 34 heavy (non-hydrogen) atoms. The number of rotatable bonds is 10. The third kappa shape index (κ3) is 4.95. The Hall–Kier alpha value is -3.69. The van der Waals surface area contributed by atoms with Crippen LogP contribution in [0.2, 0.25) is 0 Å². The number of nitrogens with zero attached hydrogens (tertiary/aromatic N) is 1. The molecule has 1 atom stereocenters. The molecule has 8 nitrogen and oxygen atoms in total. The second kappa shape index (κ2) is 9.66. The molecule has 0 aromatic heterocycles. The molecular weight excluding hydrogens is 450 g/mol. The lowest BCUT2D eigenvalue weighted by molar-refractivity contribution is -0.138. The number of amides is 2. The van der Waals surface area contributed by atoms with E-state index in [1.165, 1.54) is 23.1 Å². The number of carbonyl (C=O) groups excluding carboxylic acids is 2. The first-order valence-corrected chi connectivity index (χ1v) is 11.0. The number of hydrogen-bond acceptors (Lipinski definition) is 5. The number of aliphatic carboxylic acids is 1. The third-order valence-corrected chi connectivity index (χ3v) is 5.78. The molecule has 0 radical (unpaired) electrons. The van der Waals surface area contributed by atoms with Crippen molar-refractivity contribution in [1.29, 1.82) is 0 Å². The molecule has 1 saturated carbocycles. The van der Waals surface area contributed by atoms with E-state index in [0.29, 0.717) is 22.4 Å². The van der Waals surface area contributed by atoms with Crippen molar-refractivity contribution in [3.63, 3.8) is 0 Å². The van der Waals surface area contributed by atoms with Gasteiger partial charge in [-0.3, -0.25) is 14.4 Å². The molecule has 1 aliphatic carbocycles. The van der Waals surface area contributed by atoms with E-state index < -0.39 is 31.0 Å². The fourth-order valence-electron chi connectivity index (χ4n) is 4.09. The Morgan fingerprint density at radius 1 is 1.21 bits per heavy atom. The van der Waals surface area contributed by atoms with Gasteiger partial charge in [-0.2, -0.15) is 8.78 Å². The number of benzene rings is 2. The van der Waals surface area contributed by atoms with Crippen molar-refractivity contribution in [3.8, 4) is 11.5 Å². The summed E-state index contributed by atoms with van der Waals surface area (Å²) in [5, 5.41) is 12.4. The molecule has 1 aliphatic heterocycles. The molecule has 1 fully saturated rings. The van der Waals surface area contributed by atoms with Crippen LogP contribution in [0.1, 0.15) is 53.7 Å². The van der Waals surface area contributed by atoms with Crippen molar-refractivity contribution >= 4 is 23.5 Å². The quantitative estimate of drug-likeness (QED) is 0.535. The van der Waals surface area contributed by atoms with Gasteiger partial charge in [0.2, 0.25) is 5.91 Å². The van der Waals surface area contributed by atoms with Crippen LogP contribution in [0.5, 0.6) is 11.5 Å². The smallest absolute Gasteiger partial charge is 0.387 e. The summed E-state index contributed by atoms with van der Waals surface area (Å²) in [6.45, 7) is -1.08. The number of fused-ring (bicyclic) bond motifs is 1. The molecule has 0 bridgehead atoms. The number of anilines is 1. The average molecular weight is 474 g/mol. The molecular formula is C24H24F2N2O6. The van der Waals surface area contributed by atoms with E-state index in [9.17, 15) is 28.3 Å². The van der Waals surface area contributed by atoms with Crippen LogP contribution in [-0.2, 0) is 16.1 Å². The van der Waals surface area contributed by atoms with Crippen LogP contribution in [0.3, 0.4) is 0 Å². The first kappa shape index (κ1) is 23.5. The minimum atomic E-state index is -3.06. The highest BCUT2D eigenvalue weighted by molar-refractivity contribution is 6.07. The van der Waals surface area contributed by atoms with Gasteiger partial charge >= 0.3 is 12.6 Å². The van der Waals surface area contributed by atoms with E-state index in [-0.39, 0.29) is 36.5 Å². The van der Waals surface area contributed by atoms with E-state index in [1.54, 1.807) is 25.1 Å². The van der Waals surface area contributed by atoms with Crippen LogP contribution in [0.15, 0.2) is 36.4 Å². The molecule has 2 aromatic carbocycles. The Bertz CT molecular complexity index is 1120. The van der Waals surface area contributed by atoms with Crippen molar-refractivity contribution < 1.29 is 37.7 Å². The maximum absolute atomic E-state index is 13.4.